The molecule has 2 aromatic carbocycles. The summed E-state index contributed by atoms with van der Waals surface area (Å²) in [6.07, 6.45) is 0.856. The molecule has 5 nitrogen and oxygen atoms in total. The topological polar surface area (TPSA) is 64.1 Å². The van der Waals surface area contributed by atoms with Crippen LogP contribution in [0.2, 0.25) is 0 Å². The minimum Gasteiger partial charge on any atom is -0.483 e. The molecule has 0 aliphatic rings. The Balaban J connectivity index is 1.61. The molecule has 134 valence electrons. The first-order chi connectivity index (χ1) is 12.6. The molecule has 0 fully saturated rings. The van der Waals surface area contributed by atoms with E-state index in [2.05, 4.69) is 29.4 Å². The van der Waals surface area contributed by atoms with Crippen molar-refractivity contribution >= 4 is 22.4 Å². The lowest BCUT2D eigenvalue weighted by Crippen LogP contribution is -2.20. The summed E-state index contributed by atoms with van der Waals surface area (Å²) in [6.45, 7) is 4.16. The first-order valence-electron chi connectivity index (χ1n) is 8.51. The zero-order chi connectivity index (χ0) is 18.4. The second-order valence-corrected chi connectivity index (χ2v) is 7.36. The summed E-state index contributed by atoms with van der Waals surface area (Å²) < 4.78 is 5.74. The maximum atomic E-state index is 12.2. The number of benzene rings is 2. The van der Waals surface area contributed by atoms with E-state index >= 15 is 0 Å². The van der Waals surface area contributed by atoms with Crippen LogP contribution < -0.4 is 10.1 Å². The minimum atomic E-state index is -0.250. The van der Waals surface area contributed by atoms with Crippen molar-refractivity contribution in [3.05, 3.63) is 59.6 Å². The van der Waals surface area contributed by atoms with Gasteiger partial charge in [0.2, 0.25) is 5.13 Å². The number of anilines is 1. The van der Waals surface area contributed by atoms with Gasteiger partial charge in [-0.25, -0.2) is 0 Å². The van der Waals surface area contributed by atoms with Gasteiger partial charge in [0.25, 0.3) is 5.91 Å². The molecule has 3 rings (SSSR count). The Morgan fingerprint density at radius 3 is 2.58 bits per heavy atom. The van der Waals surface area contributed by atoms with E-state index in [0.29, 0.717) is 16.8 Å². The summed E-state index contributed by atoms with van der Waals surface area (Å²) in [6, 6.07) is 17.6. The number of para-hydroxylation sites is 1. The average molecular weight is 367 g/mol. The summed E-state index contributed by atoms with van der Waals surface area (Å²) >= 11 is 1.40. The highest BCUT2D eigenvalue weighted by atomic mass is 32.1. The van der Waals surface area contributed by atoms with Gasteiger partial charge in [0.05, 0.1) is 0 Å². The quantitative estimate of drug-likeness (QED) is 0.671. The van der Waals surface area contributed by atoms with E-state index in [9.17, 15) is 4.79 Å². The fraction of sp³-hybridized carbons (Fsp3) is 0.250. The first kappa shape index (κ1) is 18.1. The number of aromatic nitrogens is 2. The Kier molecular flexibility index (Phi) is 5.96. The highest BCUT2D eigenvalue weighted by Gasteiger charge is 2.11. The predicted octanol–water partition coefficient (Wildman–Crippen LogP) is 4.42. The molecule has 1 amide bonds. The largest absolute Gasteiger partial charge is 0.483 e. The molecule has 0 bridgehead atoms. The molecule has 0 saturated heterocycles. The lowest BCUT2D eigenvalue weighted by Gasteiger charge is -2.11. The molecule has 1 N–H and O–H groups in total. The van der Waals surface area contributed by atoms with Crippen molar-refractivity contribution in [2.75, 3.05) is 11.9 Å². The normalized spacial score (nSPS) is 10.7. The van der Waals surface area contributed by atoms with E-state index in [1.165, 1.54) is 11.3 Å². The average Bonchev–Trinajstić information content (AvgIpc) is 3.07. The third-order valence-electron chi connectivity index (χ3n) is 3.63. The van der Waals surface area contributed by atoms with Crippen molar-refractivity contribution in [2.24, 2.45) is 5.92 Å². The molecule has 0 atom stereocenters. The van der Waals surface area contributed by atoms with Crippen molar-refractivity contribution in [3.8, 4) is 16.9 Å². The van der Waals surface area contributed by atoms with Crippen molar-refractivity contribution < 1.29 is 9.53 Å². The second kappa shape index (κ2) is 8.58. The number of ether oxygens (including phenoxy) is 1. The number of carbonyl (C=O) groups excluding carboxylic acids is 1. The van der Waals surface area contributed by atoms with Gasteiger partial charge in [0, 0.05) is 12.0 Å². The highest BCUT2D eigenvalue weighted by molar-refractivity contribution is 7.15. The van der Waals surface area contributed by atoms with Crippen LogP contribution in [0.4, 0.5) is 5.13 Å². The van der Waals surface area contributed by atoms with Crippen LogP contribution in [-0.4, -0.2) is 22.7 Å². The van der Waals surface area contributed by atoms with Crippen LogP contribution in [0.3, 0.4) is 0 Å². The van der Waals surface area contributed by atoms with Gasteiger partial charge in [-0.3, -0.25) is 10.1 Å². The number of nitrogens with zero attached hydrogens (tertiary/aromatic N) is 2. The monoisotopic (exact) mass is 367 g/mol. The van der Waals surface area contributed by atoms with Crippen LogP contribution in [0.1, 0.15) is 18.9 Å². The summed E-state index contributed by atoms with van der Waals surface area (Å²) in [4.78, 5) is 12.2. The van der Waals surface area contributed by atoms with Crippen LogP contribution in [0, 0.1) is 5.92 Å². The van der Waals surface area contributed by atoms with E-state index in [4.69, 9.17) is 4.74 Å². The SMILES string of the molecule is CC(C)Cc1nnc(NC(=O)COc2ccccc2-c2ccccc2)s1. The fourth-order valence-electron chi connectivity index (χ4n) is 2.48. The molecule has 0 aliphatic carbocycles. The molecule has 0 saturated carbocycles. The van der Waals surface area contributed by atoms with Gasteiger partial charge >= 0.3 is 0 Å². The number of carbonyl (C=O) groups is 1. The predicted molar refractivity (Wildman–Crippen MR) is 104 cm³/mol. The Bertz CT molecular complexity index is 862. The fourth-order valence-corrected chi connectivity index (χ4v) is 3.45. The van der Waals surface area contributed by atoms with E-state index in [0.717, 1.165) is 22.6 Å². The number of nitrogens with one attached hydrogen (secondary N) is 1. The van der Waals surface area contributed by atoms with E-state index in [-0.39, 0.29) is 12.5 Å². The minimum absolute atomic E-state index is 0.0804. The molecule has 1 heterocycles. The third kappa shape index (κ3) is 4.89. The standard InChI is InChI=1S/C20H21N3O2S/c1-14(2)12-19-22-23-20(26-19)21-18(24)13-25-17-11-7-6-10-16(17)15-8-4-3-5-9-15/h3-11,14H,12-13H2,1-2H3,(H,21,23,24). The van der Waals surface area contributed by atoms with Crippen LogP contribution in [-0.2, 0) is 11.2 Å². The molecule has 3 aromatic rings. The Labute approximate surface area is 157 Å². The van der Waals surface area contributed by atoms with Gasteiger partial charge in [0.1, 0.15) is 10.8 Å². The van der Waals surface area contributed by atoms with E-state index in [1.807, 2.05) is 54.6 Å². The Morgan fingerprint density at radius 1 is 1.08 bits per heavy atom. The molecule has 0 unspecified atom stereocenters. The lowest BCUT2D eigenvalue weighted by molar-refractivity contribution is -0.118. The number of rotatable bonds is 7. The number of hydrogen-bond acceptors (Lipinski definition) is 5. The van der Waals surface area contributed by atoms with Gasteiger partial charge < -0.3 is 4.74 Å². The Hall–Kier alpha value is -2.73. The zero-order valence-electron chi connectivity index (χ0n) is 14.8. The summed E-state index contributed by atoms with van der Waals surface area (Å²) in [5.74, 6) is 0.927. The molecule has 0 aliphatic heterocycles. The van der Waals surface area contributed by atoms with Crippen LogP contribution in [0.5, 0.6) is 5.75 Å². The third-order valence-corrected chi connectivity index (χ3v) is 4.49. The van der Waals surface area contributed by atoms with Gasteiger partial charge in [-0.05, 0) is 17.5 Å². The van der Waals surface area contributed by atoms with Crippen LogP contribution in [0.15, 0.2) is 54.6 Å². The second-order valence-electron chi connectivity index (χ2n) is 6.30. The maximum Gasteiger partial charge on any atom is 0.264 e. The van der Waals surface area contributed by atoms with E-state index in [1.54, 1.807) is 0 Å². The maximum absolute atomic E-state index is 12.2. The zero-order valence-corrected chi connectivity index (χ0v) is 15.6. The first-order valence-corrected chi connectivity index (χ1v) is 9.33. The van der Waals surface area contributed by atoms with E-state index < -0.39 is 0 Å². The van der Waals surface area contributed by atoms with Gasteiger partial charge in [-0.2, -0.15) is 0 Å². The van der Waals surface area contributed by atoms with Crippen molar-refractivity contribution in [1.82, 2.24) is 10.2 Å². The van der Waals surface area contributed by atoms with Gasteiger partial charge in [-0.1, -0.05) is 73.7 Å². The van der Waals surface area contributed by atoms with Crippen molar-refractivity contribution in [1.29, 1.82) is 0 Å². The van der Waals surface area contributed by atoms with Crippen LogP contribution >= 0.6 is 11.3 Å². The lowest BCUT2D eigenvalue weighted by atomic mass is 10.1. The number of hydrogen-bond donors (Lipinski definition) is 1. The molecule has 1 aromatic heterocycles. The Morgan fingerprint density at radius 2 is 1.81 bits per heavy atom. The smallest absolute Gasteiger partial charge is 0.264 e. The summed E-state index contributed by atoms with van der Waals surface area (Å²) in [5.41, 5.74) is 2.00. The molecule has 0 radical (unpaired) electrons. The van der Waals surface area contributed by atoms with Gasteiger partial charge in [0.15, 0.2) is 6.61 Å². The molecular weight excluding hydrogens is 346 g/mol. The van der Waals surface area contributed by atoms with Crippen molar-refractivity contribution in [2.45, 2.75) is 20.3 Å². The van der Waals surface area contributed by atoms with Crippen LogP contribution in [0.25, 0.3) is 11.1 Å². The summed E-state index contributed by atoms with van der Waals surface area (Å²) in [7, 11) is 0. The molecule has 6 heteroatoms. The molecular formula is C20H21N3O2S. The molecule has 0 spiro atoms. The highest BCUT2D eigenvalue weighted by Crippen LogP contribution is 2.29. The summed E-state index contributed by atoms with van der Waals surface area (Å²) in [5, 5.41) is 12.3. The van der Waals surface area contributed by atoms with Gasteiger partial charge in [-0.15, -0.1) is 10.2 Å². The molecule has 26 heavy (non-hydrogen) atoms. The van der Waals surface area contributed by atoms with Crippen molar-refractivity contribution in [3.63, 3.8) is 0 Å². The number of amides is 1.